The van der Waals surface area contributed by atoms with Crippen LogP contribution < -0.4 is 15.4 Å². The Labute approximate surface area is 173 Å². The van der Waals surface area contributed by atoms with E-state index in [1.165, 1.54) is 25.0 Å². The van der Waals surface area contributed by atoms with Gasteiger partial charge in [-0.05, 0) is 62.2 Å². The normalized spacial score (nSPS) is 14.9. The molecule has 0 spiro atoms. The van der Waals surface area contributed by atoms with E-state index in [2.05, 4.69) is 26.9 Å². The molecule has 0 aliphatic heterocycles. The SMILES string of the molecule is CN=C(NCCCCSC)NCc1ccnc(OC2CCCC2)c1.I. The lowest BCUT2D eigenvalue weighted by atomic mass is 10.2. The number of hydrogen-bond donors (Lipinski definition) is 2. The largest absolute Gasteiger partial charge is 0.474 e. The summed E-state index contributed by atoms with van der Waals surface area (Å²) in [6.07, 6.45) is 11.5. The summed E-state index contributed by atoms with van der Waals surface area (Å²) in [5, 5.41) is 6.70. The summed E-state index contributed by atoms with van der Waals surface area (Å²) in [4.78, 5) is 8.60. The van der Waals surface area contributed by atoms with Gasteiger partial charge >= 0.3 is 0 Å². The molecule has 142 valence electrons. The molecule has 0 aromatic carbocycles. The molecular formula is C18H31IN4OS. The van der Waals surface area contributed by atoms with Crippen LogP contribution in [0.15, 0.2) is 23.3 Å². The van der Waals surface area contributed by atoms with E-state index in [0.29, 0.717) is 12.6 Å². The van der Waals surface area contributed by atoms with E-state index >= 15 is 0 Å². The second kappa shape index (κ2) is 13.5. The van der Waals surface area contributed by atoms with Crippen molar-refractivity contribution in [1.29, 1.82) is 0 Å². The zero-order valence-corrected chi connectivity index (χ0v) is 18.4. The molecule has 1 aliphatic carbocycles. The summed E-state index contributed by atoms with van der Waals surface area (Å²) in [6.45, 7) is 1.67. The van der Waals surface area contributed by atoms with Crippen LogP contribution in [0.3, 0.4) is 0 Å². The average Bonchev–Trinajstić information content (AvgIpc) is 3.11. The van der Waals surface area contributed by atoms with Crippen molar-refractivity contribution >= 4 is 41.7 Å². The van der Waals surface area contributed by atoms with E-state index in [0.717, 1.165) is 43.2 Å². The van der Waals surface area contributed by atoms with Crippen molar-refractivity contribution in [2.24, 2.45) is 4.99 Å². The van der Waals surface area contributed by atoms with Gasteiger partial charge in [-0.2, -0.15) is 11.8 Å². The van der Waals surface area contributed by atoms with E-state index in [4.69, 9.17) is 4.74 Å². The predicted octanol–water partition coefficient (Wildman–Crippen LogP) is 3.83. The number of pyridine rings is 1. The maximum atomic E-state index is 5.96. The predicted molar refractivity (Wildman–Crippen MR) is 118 cm³/mol. The highest BCUT2D eigenvalue weighted by Gasteiger charge is 2.16. The third-order valence-corrected chi connectivity index (χ3v) is 4.84. The average molecular weight is 478 g/mol. The minimum absolute atomic E-state index is 0. The molecule has 0 amide bonds. The quantitative estimate of drug-likeness (QED) is 0.245. The molecule has 0 unspecified atom stereocenters. The van der Waals surface area contributed by atoms with Crippen molar-refractivity contribution in [3.63, 3.8) is 0 Å². The van der Waals surface area contributed by atoms with E-state index in [1.54, 1.807) is 7.05 Å². The summed E-state index contributed by atoms with van der Waals surface area (Å²) in [5.41, 5.74) is 1.16. The maximum Gasteiger partial charge on any atom is 0.213 e. The zero-order valence-electron chi connectivity index (χ0n) is 15.3. The van der Waals surface area contributed by atoms with Crippen molar-refractivity contribution in [3.05, 3.63) is 23.9 Å². The van der Waals surface area contributed by atoms with E-state index in [-0.39, 0.29) is 24.0 Å². The number of rotatable bonds is 9. The first-order chi connectivity index (χ1) is 11.8. The zero-order chi connectivity index (χ0) is 17.0. The number of nitrogens with one attached hydrogen (secondary N) is 2. The maximum absolute atomic E-state index is 5.96. The van der Waals surface area contributed by atoms with Crippen molar-refractivity contribution in [1.82, 2.24) is 15.6 Å². The fourth-order valence-corrected chi connectivity index (χ4v) is 3.28. The number of guanidine groups is 1. The molecule has 1 aromatic rings. The molecule has 0 atom stereocenters. The van der Waals surface area contributed by atoms with Crippen molar-refractivity contribution in [2.75, 3.05) is 25.6 Å². The van der Waals surface area contributed by atoms with Crippen LogP contribution >= 0.6 is 35.7 Å². The summed E-state index contributed by atoms with van der Waals surface area (Å²) >= 11 is 1.89. The number of unbranched alkanes of at least 4 members (excludes halogenated alkanes) is 1. The van der Waals surface area contributed by atoms with Crippen LogP contribution in [0.2, 0.25) is 0 Å². The highest BCUT2D eigenvalue weighted by atomic mass is 127. The second-order valence-electron chi connectivity index (χ2n) is 6.08. The Kier molecular flexibility index (Phi) is 12.1. The van der Waals surface area contributed by atoms with Crippen LogP contribution in [0.25, 0.3) is 0 Å². The van der Waals surface area contributed by atoms with Gasteiger partial charge in [0.2, 0.25) is 5.88 Å². The highest BCUT2D eigenvalue weighted by molar-refractivity contribution is 14.0. The Balaban J connectivity index is 0.00000312. The summed E-state index contributed by atoms with van der Waals surface area (Å²) < 4.78 is 5.96. The first kappa shape index (κ1) is 22.3. The molecule has 1 fully saturated rings. The lowest BCUT2D eigenvalue weighted by molar-refractivity contribution is 0.201. The number of thioether (sulfide) groups is 1. The Bertz CT molecular complexity index is 510. The molecule has 25 heavy (non-hydrogen) atoms. The molecule has 1 heterocycles. The van der Waals surface area contributed by atoms with E-state index in [9.17, 15) is 0 Å². The van der Waals surface area contributed by atoms with Crippen LogP contribution in [-0.2, 0) is 6.54 Å². The molecule has 1 aromatic heterocycles. The third-order valence-electron chi connectivity index (χ3n) is 4.14. The number of ether oxygens (including phenoxy) is 1. The third kappa shape index (κ3) is 8.99. The Hall–Kier alpha value is -0.700. The first-order valence-electron chi connectivity index (χ1n) is 8.87. The Morgan fingerprint density at radius 3 is 2.84 bits per heavy atom. The molecule has 1 saturated carbocycles. The molecule has 7 heteroatoms. The van der Waals surface area contributed by atoms with Gasteiger partial charge in [-0.15, -0.1) is 24.0 Å². The van der Waals surface area contributed by atoms with E-state index in [1.807, 2.05) is 30.1 Å². The van der Waals surface area contributed by atoms with Crippen LogP contribution in [0, 0.1) is 0 Å². The minimum Gasteiger partial charge on any atom is -0.474 e. The van der Waals surface area contributed by atoms with E-state index < -0.39 is 0 Å². The van der Waals surface area contributed by atoms with Crippen LogP contribution in [0.1, 0.15) is 44.1 Å². The molecule has 2 rings (SSSR count). The number of hydrogen-bond acceptors (Lipinski definition) is 4. The van der Waals surface area contributed by atoms with Gasteiger partial charge in [0, 0.05) is 32.4 Å². The van der Waals surface area contributed by atoms with Gasteiger partial charge in [-0.1, -0.05) is 0 Å². The van der Waals surface area contributed by atoms with Gasteiger partial charge in [0.25, 0.3) is 0 Å². The van der Waals surface area contributed by atoms with Gasteiger partial charge in [-0.25, -0.2) is 4.98 Å². The first-order valence-corrected chi connectivity index (χ1v) is 10.3. The Morgan fingerprint density at radius 1 is 1.32 bits per heavy atom. The highest BCUT2D eigenvalue weighted by Crippen LogP contribution is 2.23. The van der Waals surface area contributed by atoms with Gasteiger partial charge in [0.05, 0.1) is 0 Å². The Morgan fingerprint density at radius 2 is 2.12 bits per heavy atom. The van der Waals surface area contributed by atoms with Crippen LogP contribution in [-0.4, -0.2) is 42.6 Å². The molecular weight excluding hydrogens is 447 g/mol. The number of aromatic nitrogens is 1. The van der Waals surface area contributed by atoms with Gasteiger partial charge in [0.15, 0.2) is 5.96 Å². The van der Waals surface area contributed by atoms with Crippen LogP contribution in [0.4, 0.5) is 0 Å². The molecule has 0 saturated heterocycles. The standard InChI is InChI=1S/C18H30N4OS.HI/c1-19-18(21-10-5-6-12-24-2)22-14-15-9-11-20-17(13-15)23-16-7-3-4-8-16;/h9,11,13,16H,3-8,10,12,14H2,1-2H3,(H2,19,21,22);1H. The fraction of sp³-hybridized carbons (Fsp3) is 0.667. The van der Waals surface area contributed by atoms with Gasteiger partial charge in [0.1, 0.15) is 6.10 Å². The smallest absolute Gasteiger partial charge is 0.213 e. The molecule has 0 radical (unpaired) electrons. The lowest BCUT2D eigenvalue weighted by Crippen LogP contribution is -2.37. The van der Waals surface area contributed by atoms with Crippen LogP contribution in [0.5, 0.6) is 5.88 Å². The molecule has 5 nitrogen and oxygen atoms in total. The fourth-order valence-electron chi connectivity index (χ4n) is 2.79. The summed E-state index contributed by atoms with van der Waals surface area (Å²) in [7, 11) is 1.80. The van der Waals surface area contributed by atoms with Crippen molar-refractivity contribution in [3.8, 4) is 5.88 Å². The lowest BCUT2D eigenvalue weighted by Gasteiger charge is -2.14. The minimum atomic E-state index is 0. The monoisotopic (exact) mass is 478 g/mol. The topological polar surface area (TPSA) is 58.5 Å². The summed E-state index contributed by atoms with van der Waals surface area (Å²) in [5.74, 6) is 2.80. The number of halogens is 1. The number of aliphatic imine (C=N–C) groups is 1. The molecule has 1 aliphatic rings. The molecule has 0 bridgehead atoms. The molecule has 2 N–H and O–H groups in total. The van der Waals surface area contributed by atoms with Crippen molar-refractivity contribution in [2.45, 2.75) is 51.2 Å². The van der Waals surface area contributed by atoms with Gasteiger partial charge < -0.3 is 15.4 Å². The number of nitrogens with zero attached hydrogens (tertiary/aromatic N) is 2. The second-order valence-corrected chi connectivity index (χ2v) is 7.06. The summed E-state index contributed by atoms with van der Waals surface area (Å²) in [6, 6.07) is 4.04. The van der Waals surface area contributed by atoms with Gasteiger partial charge in [-0.3, -0.25) is 4.99 Å². The van der Waals surface area contributed by atoms with Crippen molar-refractivity contribution < 1.29 is 4.74 Å².